The maximum absolute atomic E-state index is 13.1. The third-order valence-electron chi connectivity index (χ3n) is 4.61. The van der Waals surface area contributed by atoms with Crippen LogP contribution < -0.4 is 16.6 Å². The van der Waals surface area contributed by atoms with Crippen molar-refractivity contribution in [2.24, 2.45) is 11.6 Å². The lowest BCUT2D eigenvalue weighted by molar-refractivity contribution is -0.137. The summed E-state index contributed by atoms with van der Waals surface area (Å²) in [6, 6.07) is 2.85. The molecule has 1 aromatic heterocycles. The van der Waals surface area contributed by atoms with E-state index in [1.165, 1.54) is 34.6 Å². The summed E-state index contributed by atoms with van der Waals surface area (Å²) in [5, 5.41) is 0.656. The fraction of sp³-hybridized carbons (Fsp3) is 0.278. The summed E-state index contributed by atoms with van der Waals surface area (Å²) in [6.07, 6.45) is 0.0529. The second kappa shape index (κ2) is 7.88. The molecule has 1 aliphatic rings. The second-order valence-corrected chi connectivity index (χ2v) is 6.93. The van der Waals surface area contributed by atoms with E-state index in [2.05, 4.69) is 9.97 Å². The summed E-state index contributed by atoms with van der Waals surface area (Å²) in [4.78, 5) is 22.3. The Morgan fingerprint density at radius 2 is 2.07 bits per heavy atom. The number of hydrogen-bond donors (Lipinski definition) is 2. The van der Waals surface area contributed by atoms with Gasteiger partial charge in [0.1, 0.15) is 0 Å². The number of nitrogens with two attached hydrogens (primary N) is 2. The highest BCUT2D eigenvalue weighted by Gasteiger charge is 2.37. The number of alkyl halides is 3. The summed E-state index contributed by atoms with van der Waals surface area (Å²) >= 11 is 5.90. The fourth-order valence-corrected chi connectivity index (χ4v) is 3.42. The molecule has 1 unspecified atom stereocenters. The molecular formula is C18H18ClF3N6O. The van der Waals surface area contributed by atoms with Crippen LogP contribution in [0.15, 0.2) is 48.2 Å². The van der Waals surface area contributed by atoms with Crippen molar-refractivity contribution in [1.29, 1.82) is 0 Å². The zero-order valence-electron chi connectivity index (χ0n) is 15.3. The zero-order chi connectivity index (χ0) is 21.3. The molecule has 2 heterocycles. The number of rotatable bonds is 3. The van der Waals surface area contributed by atoms with Gasteiger partial charge in [0.25, 0.3) is 5.91 Å². The number of halogens is 4. The molecule has 154 valence electrons. The Morgan fingerprint density at radius 1 is 1.34 bits per heavy atom. The number of carbonyl (C=O) groups is 1. The van der Waals surface area contributed by atoms with Crippen LogP contribution in [-0.4, -0.2) is 33.4 Å². The normalized spacial score (nSPS) is 17.4. The molecular weight excluding hydrogens is 409 g/mol. The van der Waals surface area contributed by atoms with Crippen LogP contribution in [0.4, 0.5) is 19.0 Å². The van der Waals surface area contributed by atoms with Crippen LogP contribution >= 0.6 is 11.6 Å². The summed E-state index contributed by atoms with van der Waals surface area (Å²) in [5.74, 6) is 5.82. The number of aromatic nitrogens is 2. The molecule has 0 aliphatic carbocycles. The molecule has 0 saturated heterocycles. The molecule has 29 heavy (non-hydrogen) atoms. The van der Waals surface area contributed by atoms with E-state index in [1.54, 1.807) is 6.92 Å². The van der Waals surface area contributed by atoms with E-state index in [-0.39, 0.29) is 18.5 Å². The third-order valence-corrected chi connectivity index (χ3v) is 5.02. The first-order valence-electron chi connectivity index (χ1n) is 8.56. The van der Waals surface area contributed by atoms with Gasteiger partial charge in [-0.25, -0.2) is 10.8 Å². The van der Waals surface area contributed by atoms with Crippen molar-refractivity contribution >= 4 is 23.3 Å². The molecule has 1 aliphatic heterocycles. The molecule has 1 aromatic carbocycles. The molecule has 4 N–H and O–H groups in total. The average Bonchev–Trinajstić information content (AvgIpc) is 2.68. The largest absolute Gasteiger partial charge is 0.417 e. The predicted octanol–water partition coefficient (Wildman–Crippen LogP) is 2.93. The highest BCUT2D eigenvalue weighted by atomic mass is 35.5. The number of amides is 1. The first-order chi connectivity index (χ1) is 13.6. The molecule has 0 fully saturated rings. The Kier molecular flexibility index (Phi) is 5.67. The van der Waals surface area contributed by atoms with E-state index in [9.17, 15) is 18.0 Å². The Balaban J connectivity index is 1.89. The van der Waals surface area contributed by atoms with Crippen molar-refractivity contribution in [3.63, 3.8) is 0 Å². The maximum atomic E-state index is 13.1. The summed E-state index contributed by atoms with van der Waals surface area (Å²) in [5.41, 5.74) is 5.68. The minimum atomic E-state index is -4.66. The lowest BCUT2D eigenvalue weighted by Gasteiger charge is -2.37. The molecule has 0 radical (unpaired) electrons. The van der Waals surface area contributed by atoms with E-state index >= 15 is 0 Å². The van der Waals surface area contributed by atoms with Crippen LogP contribution in [0.2, 0.25) is 5.02 Å². The van der Waals surface area contributed by atoms with Gasteiger partial charge in [-0.15, -0.1) is 0 Å². The number of hydrazine groups is 1. The molecule has 1 amide bonds. The van der Waals surface area contributed by atoms with Crippen LogP contribution in [-0.2, 0) is 6.18 Å². The lowest BCUT2D eigenvalue weighted by Crippen LogP contribution is -2.48. The highest BCUT2D eigenvalue weighted by molar-refractivity contribution is 6.34. The van der Waals surface area contributed by atoms with Crippen molar-refractivity contribution in [2.75, 3.05) is 11.6 Å². The van der Waals surface area contributed by atoms with Gasteiger partial charge in [-0.1, -0.05) is 17.7 Å². The van der Waals surface area contributed by atoms with Crippen molar-refractivity contribution < 1.29 is 18.0 Å². The van der Waals surface area contributed by atoms with Crippen LogP contribution in [0, 0.1) is 0 Å². The third kappa shape index (κ3) is 4.13. The minimum Gasteiger partial charge on any atom is -0.399 e. The molecule has 3 rings (SSSR count). The Morgan fingerprint density at radius 3 is 2.69 bits per heavy atom. The smallest absolute Gasteiger partial charge is 0.399 e. The van der Waals surface area contributed by atoms with E-state index in [1.807, 2.05) is 0 Å². The van der Waals surface area contributed by atoms with E-state index < -0.39 is 28.7 Å². The van der Waals surface area contributed by atoms with E-state index in [4.69, 9.17) is 23.2 Å². The molecule has 2 aromatic rings. The molecule has 1 atom stereocenters. The topological polar surface area (TPSA) is 101 Å². The van der Waals surface area contributed by atoms with Crippen LogP contribution in [0.5, 0.6) is 0 Å². The first kappa shape index (κ1) is 20.9. The lowest BCUT2D eigenvalue weighted by atomic mass is 10.0. The second-order valence-electron chi connectivity index (χ2n) is 6.56. The molecule has 7 nitrogen and oxygen atoms in total. The average molecular weight is 427 g/mol. The van der Waals surface area contributed by atoms with Crippen molar-refractivity contribution in [1.82, 2.24) is 14.9 Å². The van der Waals surface area contributed by atoms with Gasteiger partial charge in [-0.05, 0) is 19.1 Å². The van der Waals surface area contributed by atoms with Gasteiger partial charge in [0.15, 0.2) is 5.82 Å². The molecule has 11 heteroatoms. The predicted molar refractivity (Wildman–Crippen MR) is 101 cm³/mol. The summed E-state index contributed by atoms with van der Waals surface area (Å²) in [7, 11) is 0. The van der Waals surface area contributed by atoms with E-state index in [0.29, 0.717) is 17.2 Å². The van der Waals surface area contributed by atoms with Gasteiger partial charge >= 0.3 is 6.18 Å². The van der Waals surface area contributed by atoms with Gasteiger partial charge in [-0.3, -0.25) is 14.8 Å². The van der Waals surface area contributed by atoms with Crippen LogP contribution in [0.25, 0.3) is 0 Å². The number of hydrogen-bond acceptors (Lipinski definition) is 6. The monoisotopic (exact) mass is 426 g/mol. The maximum Gasteiger partial charge on any atom is 0.417 e. The molecule has 0 spiro atoms. The minimum absolute atomic E-state index is 0.0180. The van der Waals surface area contributed by atoms with Crippen LogP contribution in [0.3, 0.4) is 0 Å². The Labute approximate surface area is 169 Å². The van der Waals surface area contributed by atoms with Gasteiger partial charge < -0.3 is 10.6 Å². The highest BCUT2D eigenvalue weighted by Crippen LogP contribution is 2.37. The van der Waals surface area contributed by atoms with E-state index in [0.717, 1.165) is 12.1 Å². The number of benzene rings is 1. The summed E-state index contributed by atoms with van der Waals surface area (Å²) < 4.78 is 39.3. The molecule has 0 bridgehead atoms. The van der Waals surface area contributed by atoms with Crippen molar-refractivity contribution in [3.05, 3.63) is 64.3 Å². The first-order valence-corrected chi connectivity index (χ1v) is 8.94. The van der Waals surface area contributed by atoms with Gasteiger partial charge in [0.05, 0.1) is 34.6 Å². The Bertz CT molecular complexity index is 950. The molecule has 0 saturated carbocycles. The quantitative estimate of drug-likeness (QED) is 0.578. The zero-order valence-corrected chi connectivity index (χ0v) is 16.1. The van der Waals surface area contributed by atoms with Crippen molar-refractivity contribution in [3.8, 4) is 0 Å². The number of nitrogens with zero attached hydrogens (tertiary/aromatic N) is 4. The van der Waals surface area contributed by atoms with Crippen molar-refractivity contribution in [2.45, 2.75) is 25.6 Å². The van der Waals surface area contributed by atoms with Gasteiger partial charge in [0.2, 0.25) is 0 Å². The van der Waals surface area contributed by atoms with Gasteiger partial charge in [0, 0.05) is 30.6 Å². The SMILES string of the molecule is CC1CC(N(N)c2cnccn2)=C(N)CN1C(=O)c1cccc(C(F)(F)F)c1Cl. The van der Waals surface area contributed by atoms with Gasteiger partial charge in [-0.2, -0.15) is 13.2 Å². The Hall–Kier alpha value is -2.85. The summed E-state index contributed by atoms with van der Waals surface area (Å²) in [6.45, 7) is 1.73. The standard InChI is InChI=1S/C18H18ClF3N6O/c1-10-7-14(28(24)15-8-25-5-6-26-15)13(23)9-27(10)17(29)11-3-2-4-12(16(11)19)18(20,21)22/h2-6,8,10H,7,9,23-24H2,1H3. The fourth-order valence-electron chi connectivity index (χ4n) is 3.10. The van der Waals surface area contributed by atoms with Crippen LogP contribution in [0.1, 0.15) is 29.3 Å². The number of carbonyl (C=O) groups excluding carboxylic acids is 1. The number of anilines is 1.